The number of fused-ring (bicyclic) bond motifs is 3. The molecule has 0 saturated heterocycles. The third kappa shape index (κ3) is 1.38. The molecule has 17 heavy (non-hydrogen) atoms. The average molecular weight is 293 g/mol. The molecule has 0 amide bonds. The number of halogens is 1. The Labute approximate surface area is 108 Å². The fraction of sp³-hybridized carbons (Fsp3) is 0.583. The minimum Gasteiger partial charge on any atom is -0.312 e. The van der Waals surface area contributed by atoms with Crippen molar-refractivity contribution in [2.45, 2.75) is 31.7 Å². The van der Waals surface area contributed by atoms with Crippen LogP contribution in [0.15, 0.2) is 17.3 Å². The van der Waals surface area contributed by atoms with Crippen LogP contribution in [0.3, 0.4) is 0 Å². The summed E-state index contributed by atoms with van der Waals surface area (Å²) in [5.74, 6) is 1.78. The van der Waals surface area contributed by atoms with Gasteiger partial charge in [-0.2, -0.15) is 0 Å². The van der Waals surface area contributed by atoms with Gasteiger partial charge in [-0.15, -0.1) is 0 Å². The van der Waals surface area contributed by atoms with Gasteiger partial charge >= 0.3 is 0 Å². The maximum absolute atomic E-state index is 4.44. The predicted molar refractivity (Wildman–Crippen MR) is 67.5 cm³/mol. The number of nitrogens with zero attached hydrogens (tertiary/aromatic N) is 4. The molecule has 5 heteroatoms. The van der Waals surface area contributed by atoms with E-state index >= 15 is 0 Å². The van der Waals surface area contributed by atoms with Crippen molar-refractivity contribution in [1.29, 1.82) is 0 Å². The summed E-state index contributed by atoms with van der Waals surface area (Å²) in [5.41, 5.74) is 1.86. The van der Waals surface area contributed by atoms with Gasteiger partial charge < -0.3 is 4.57 Å². The molecular weight excluding hydrogens is 280 g/mol. The van der Waals surface area contributed by atoms with E-state index in [1.54, 1.807) is 6.33 Å². The summed E-state index contributed by atoms with van der Waals surface area (Å²) in [4.78, 5) is 13.0. The third-order valence-electron chi connectivity index (χ3n) is 4.37. The van der Waals surface area contributed by atoms with Crippen molar-refractivity contribution in [3.8, 4) is 0 Å². The van der Waals surface area contributed by atoms with Gasteiger partial charge in [0, 0.05) is 6.04 Å². The first-order valence-corrected chi connectivity index (χ1v) is 6.95. The second-order valence-corrected chi connectivity index (χ2v) is 5.98. The lowest BCUT2D eigenvalue weighted by Gasteiger charge is -2.23. The summed E-state index contributed by atoms with van der Waals surface area (Å²) in [6.07, 6.45) is 9.05. The zero-order valence-electron chi connectivity index (χ0n) is 9.38. The van der Waals surface area contributed by atoms with E-state index < -0.39 is 0 Å². The first-order chi connectivity index (χ1) is 8.33. The second-order valence-electron chi connectivity index (χ2n) is 5.23. The summed E-state index contributed by atoms with van der Waals surface area (Å²) < 4.78 is 3.07. The predicted octanol–water partition coefficient (Wildman–Crippen LogP) is 2.95. The van der Waals surface area contributed by atoms with Crippen molar-refractivity contribution in [3.05, 3.63) is 17.3 Å². The number of hydrogen-bond acceptors (Lipinski definition) is 3. The lowest BCUT2D eigenvalue weighted by molar-refractivity contribution is 0.334. The van der Waals surface area contributed by atoms with Crippen LogP contribution in [-0.4, -0.2) is 19.5 Å². The van der Waals surface area contributed by atoms with Gasteiger partial charge in [0.2, 0.25) is 0 Å². The lowest BCUT2D eigenvalue weighted by atomic mass is 9.95. The summed E-state index contributed by atoms with van der Waals surface area (Å²) in [5, 5.41) is 0. The highest BCUT2D eigenvalue weighted by Gasteiger charge is 2.41. The fourth-order valence-electron chi connectivity index (χ4n) is 3.62. The largest absolute Gasteiger partial charge is 0.312 e. The van der Waals surface area contributed by atoms with E-state index in [9.17, 15) is 0 Å². The molecule has 2 heterocycles. The van der Waals surface area contributed by atoms with Crippen LogP contribution in [0.5, 0.6) is 0 Å². The molecular formula is C12H13BrN4. The molecule has 2 fully saturated rings. The van der Waals surface area contributed by atoms with E-state index in [1.165, 1.54) is 25.7 Å². The Balaban J connectivity index is 1.84. The summed E-state index contributed by atoms with van der Waals surface area (Å²) in [6, 6.07) is 0.612. The molecule has 0 unspecified atom stereocenters. The van der Waals surface area contributed by atoms with Gasteiger partial charge in [0.15, 0.2) is 5.65 Å². The van der Waals surface area contributed by atoms with E-state index in [1.807, 2.05) is 6.33 Å². The molecule has 2 saturated carbocycles. The van der Waals surface area contributed by atoms with Crippen LogP contribution in [0, 0.1) is 11.8 Å². The zero-order valence-corrected chi connectivity index (χ0v) is 11.0. The van der Waals surface area contributed by atoms with Crippen molar-refractivity contribution in [1.82, 2.24) is 19.5 Å². The molecule has 2 bridgehead atoms. The van der Waals surface area contributed by atoms with Crippen LogP contribution in [0.1, 0.15) is 31.7 Å². The normalized spacial score (nSPS) is 31.5. The highest BCUT2D eigenvalue weighted by molar-refractivity contribution is 9.10. The number of hydrogen-bond donors (Lipinski definition) is 0. The van der Waals surface area contributed by atoms with Crippen LogP contribution >= 0.6 is 15.9 Å². The third-order valence-corrected chi connectivity index (χ3v) is 4.95. The summed E-state index contributed by atoms with van der Waals surface area (Å²) in [6.45, 7) is 0. The van der Waals surface area contributed by atoms with E-state index in [0.717, 1.165) is 27.6 Å². The number of aromatic nitrogens is 4. The van der Waals surface area contributed by atoms with E-state index in [-0.39, 0.29) is 0 Å². The lowest BCUT2D eigenvalue weighted by Crippen LogP contribution is -2.15. The molecule has 2 aliphatic rings. The van der Waals surface area contributed by atoms with Crippen molar-refractivity contribution >= 4 is 27.1 Å². The molecule has 4 rings (SSSR count). The Morgan fingerprint density at radius 2 is 2.12 bits per heavy atom. The van der Waals surface area contributed by atoms with Crippen LogP contribution < -0.4 is 0 Å². The quantitative estimate of drug-likeness (QED) is 0.759. The zero-order chi connectivity index (χ0) is 11.4. The van der Waals surface area contributed by atoms with E-state index in [0.29, 0.717) is 6.04 Å². The summed E-state index contributed by atoms with van der Waals surface area (Å²) >= 11 is 3.43. The topological polar surface area (TPSA) is 43.6 Å². The number of rotatable bonds is 1. The molecule has 2 aliphatic carbocycles. The minimum atomic E-state index is 0.612. The van der Waals surface area contributed by atoms with Gasteiger partial charge in [-0.05, 0) is 47.0 Å². The highest BCUT2D eigenvalue weighted by atomic mass is 79.9. The molecule has 2 aromatic heterocycles. The fourth-order valence-corrected chi connectivity index (χ4v) is 3.99. The first kappa shape index (κ1) is 10.00. The van der Waals surface area contributed by atoms with Crippen LogP contribution in [0.25, 0.3) is 11.2 Å². The Bertz CT molecular complexity index is 579. The minimum absolute atomic E-state index is 0.612. The molecule has 0 spiro atoms. The van der Waals surface area contributed by atoms with Crippen molar-refractivity contribution in [3.63, 3.8) is 0 Å². The van der Waals surface area contributed by atoms with Crippen LogP contribution in [0.4, 0.5) is 0 Å². The Kier molecular flexibility index (Phi) is 2.06. The number of imidazole rings is 1. The van der Waals surface area contributed by atoms with Gasteiger partial charge in [0.05, 0.1) is 6.33 Å². The molecule has 4 nitrogen and oxygen atoms in total. The van der Waals surface area contributed by atoms with E-state index in [4.69, 9.17) is 0 Å². The first-order valence-electron chi connectivity index (χ1n) is 6.16. The molecule has 0 aromatic carbocycles. The van der Waals surface area contributed by atoms with Crippen molar-refractivity contribution < 1.29 is 0 Å². The standard InChI is InChI=1S/C12H13BrN4/c13-11-10-12(15-5-14-11)17(6-16-10)9-4-7-1-2-8(9)3-7/h5-9H,1-4H2/t7-,8+,9+/m0/s1. The monoisotopic (exact) mass is 292 g/mol. The van der Waals surface area contributed by atoms with E-state index in [2.05, 4.69) is 35.4 Å². The second kappa shape index (κ2) is 3.51. The maximum atomic E-state index is 4.44. The van der Waals surface area contributed by atoms with Gasteiger partial charge in [-0.25, -0.2) is 15.0 Å². The van der Waals surface area contributed by atoms with Crippen LogP contribution in [-0.2, 0) is 0 Å². The maximum Gasteiger partial charge on any atom is 0.164 e. The molecule has 0 aliphatic heterocycles. The molecule has 3 atom stereocenters. The Morgan fingerprint density at radius 1 is 1.18 bits per heavy atom. The average Bonchev–Trinajstić information content (AvgIpc) is 3.03. The molecule has 2 aromatic rings. The van der Waals surface area contributed by atoms with Gasteiger partial charge in [0.1, 0.15) is 16.4 Å². The summed E-state index contributed by atoms with van der Waals surface area (Å²) in [7, 11) is 0. The highest BCUT2D eigenvalue weighted by Crippen LogP contribution is 2.51. The molecule has 0 N–H and O–H groups in total. The van der Waals surface area contributed by atoms with Gasteiger partial charge in [-0.1, -0.05) is 6.42 Å². The van der Waals surface area contributed by atoms with Gasteiger partial charge in [0.25, 0.3) is 0 Å². The van der Waals surface area contributed by atoms with Crippen molar-refractivity contribution in [2.75, 3.05) is 0 Å². The van der Waals surface area contributed by atoms with Gasteiger partial charge in [-0.3, -0.25) is 0 Å². The molecule has 0 radical (unpaired) electrons. The SMILES string of the molecule is Brc1ncnc2c1ncn2[C@@H]1C[C@H]2CC[C@@H]1C2. The molecule has 88 valence electrons. The smallest absolute Gasteiger partial charge is 0.164 e. The Hall–Kier alpha value is -0.970. The Morgan fingerprint density at radius 3 is 2.88 bits per heavy atom. The van der Waals surface area contributed by atoms with Crippen molar-refractivity contribution in [2.24, 2.45) is 11.8 Å². The van der Waals surface area contributed by atoms with Crippen LogP contribution in [0.2, 0.25) is 0 Å².